The summed E-state index contributed by atoms with van der Waals surface area (Å²) in [6.45, 7) is 2.39. The van der Waals surface area contributed by atoms with Gasteiger partial charge in [0, 0.05) is 18.4 Å². The SMILES string of the molecule is CN(C)CCOCCn1nc(Cc2nnccc2C(=O)O)c2cc(F)ccc21. The second-order valence-corrected chi connectivity index (χ2v) is 6.62. The van der Waals surface area contributed by atoms with Crippen molar-refractivity contribution in [3.63, 3.8) is 0 Å². The second-order valence-electron chi connectivity index (χ2n) is 6.62. The first kappa shape index (κ1) is 19.8. The highest BCUT2D eigenvalue weighted by molar-refractivity contribution is 5.89. The maximum atomic E-state index is 13.8. The molecule has 28 heavy (non-hydrogen) atoms. The molecule has 0 radical (unpaired) electrons. The summed E-state index contributed by atoms with van der Waals surface area (Å²) >= 11 is 0. The fraction of sp³-hybridized carbons (Fsp3) is 0.368. The summed E-state index contributed by atoms with van der Waals surface area (Å²) in [6.07, 6.45) is 1.47. The Labute approximate surface area is 161 Å². The molecule has 1 N–H and O–H groups in total. The average molecular weight is 387 g/mol. The van der Waals surface area contributed by atoms with Crippen LogP contribution in [-0.4, -0.2) is 69.8 Å². The third-order valence-electron chi connectivity index (χ3n) is 4.28. The molecule has 2 aromatic heterocycles. The fourth-order valence-corrected chi connectivity index (χ4v) is 2.86. The molecule has 9 heteroatoms. The molecule has 0 saturated carbocycles. The topological polar surface area (TPSA) is 93.4 Å². The molecule has 0 unspecified atom stereocenters. The van der Waals surface area contributed by atoms with E-state index < -0.39 is 5.97 Å². The first-order valence-corrected chi connectivity index (χ1v) is 8.87. The smallest absolute Gasteiger partial charge is 0.337 e. The molecular formula is C19H22FN5O3. The van der Waals surface area contributed by atoms with Gasteiger partial charge in [-0.1, -0.05) is 0 Å². The van der Waals surface area contributed by atoms with E-state index in [4.69, 9.17) is 4.74 Å². The van der Waals surface area contributed by atoms with Crippen LogP contribution in [0.5, 0.6) is 0 Å². The van der Waals surface area contributed by atoms with Crippen LogP contribution in [0.25, 0.3) is 10.9 Å². The minimum Gasteiger partial charge on any atom is -0.478 e. The standard InChI is InChI=1S/C19H22FN5O3/c1-24(2)7-9-28-10-8-25-18-4-3-13(20)11-15(18)17(23-25)12-16-14(19(26)27)5-6-21-22-16/h3-6,11H,7-10,12H2,1-2H3,(H,26,27). The van der Waals surface area contributed by atoms with Crippen molar-refractivity contribution in [2.24, 2.45) is 0 Å². The van der Waals surface area contributed by atoms with Gasteiger partial charge in [0.15, 0.2) is 0 Å². The molecule has 1 aromatic carbocycles. The Morgan fingerprint density at radius 3 is 2.82 bits per heavy atom. The van der Waals surface area contributed by atoms with Gasteiger partial charge in [0.2, 0.25) is 0 Å². The van der Waals surface area contributed by atoms with Crippen LogP contribution in [0.15, 0.2) is 30.5 Å². The van der Waals surface area contributed by atoms with E-state index in [9.17, 15) is 14.3 Å². The molecule has 0 spiro atoms. The van der Waals surface area contributed by atoms with Crippen LogP contribution in [0.1, 0.15) is 21.7 Å². The summed E-state index contributed by atoms with van der Waals surface area (Å²) < 4.78 is 21.2. The number of hydrogen-bond donors (Lipinski definition) is 1. The Balaban J connectivity index is 1.85. The van der Waals surface area contributed by atoms with Gasteiger partial charge in [0.1, 0.15) is 5.82 Å². The first-order chi connectivity index (χ1) is 13.5. The number of benzene rings is 1. The summed E-state index contributed by atoms with van der Waals surface area (Å²) in [5, 5.41) is 22.2. The monoisotopic (exact) mass is 387 g/mol. The minimum absolute atomic E-state index is 0.0566. The number of likely N-dealkylation sites (N-methyl/N-ethyl adjacent to an activating group) is 1. The Morgan fingerprint density at radius 1 is 1.25 bits per heavy atom. The number of rotatable bonds is 9. The lowest BCUT2D eigenvalue weighted by Crippen LogP contribution is -2.19. The third-order valence-corrected chi connectivity index (χ3v) is 4.28. The normalized spacial score (nSPS) is 11.4. The number of carbonyl (C=O) groups is 1. The summed E-state index contributed by atoms with van der Waals surface area (Å²) in [5.41, 5.74) is 1.65. The molecule has 0 fully saturated rings. The van der Waals surface area contributed by atoms with Gasteiger partial charge < -0.3 is 14.7 Å². The zero-order valence-corrected chi connectivity index (χ0v) is 15.8. The number of nitrogens with zero attached hydrogens (tertiary/aromatic N) is 5. The lowest BCUT2D eigenvalue weighted by atomic mass is 10.1. The van der Waals surface area contributed by atoms with Gasteiger partial charge in [0.05, 0.1) is 48.4 Å². The molecule has 148 valence electrons. The van der Waals surface area contributed by atoms with Gasteiger partial charge >= 0.3 is 5.97 Å². The highest BCUT2D eigenvalue weighted by Crippen LogP contribution is 2.23. The summed E-state index contributed by atoms with van der Waals surface area (Å²) in [6, 6.07) is 5.83. The van der Waals surface area contributed by atoms with E-state index in [1.54, 1.807) is 10.7 Å². The fourth-order valence-electron chi connectivity index (χ4n) is 2.86. The van der Waals surface area contributed by atoms with Crippen LogP contribution in [0.2, 0.25) is 0 Å². The number of carboxylic acid groups (broad SMARTS) is 1. The van der Waals surface area contributed by atoms with Crippen molar-refractivity contribution < 1.29 is 19.0 Å². The summed E-state index contributed by atoms with van der Waals surface area (Å²) in [4.78, 5) is 13.4. The first-order valence-electron chi connectivity index (χ1n) is 8.87. The van der Waals surface area contributed by atoms with Gasteiger partial charge in [-0.3, -0.25) is 4.68 Å². The zero-order chi connectivity index (χ0) is 20.1. The lowest BCUT2D eigenvalue weighted by molar-refractivity contribution is 0.0695. The minimum atomic E-state index is -1.09. The maximum Gasteiger partial charge on any atom is 0.337 e. The quantitative estimate of drug-likeness (QED) is 0.560. The van der Waals surface area contributed by atoms with Crippen LogP contribution < -0.4 is 0 Å². The van der Waals surface area contributed by atoms with Crippen LogP contribution in [0.4, 0.5) is 4.39 Å². The molecule has 3 rings (SSSR count). The van der Waals surface area contributed by atoms with Gasteiger partial charge in [0.25, 0.3) is 0 Å². The Kier molecular flexibility index (Phi) is 6.27. The molecule has 0 bridgehead atoms. The number of ether oxygens (including phenoxy) is 1. The Bertz CT molecular complexity index is 973. The number of fused-ring (bicyclic) bond motifs is 1. The largest absolute Gasteiger partial charge is 0.478 e. The van der Waals surface area contributed by atoms with Crippen molar-refractivity contribution in [1.29, 1.82) is 0 Å². The predicted molar refractivity (Wildman–Crippen MR) is 101 cm³/mol. The van der Waals surface area contributed by atoms with Crippen molar-refractivity contribution in [2.75, 3.05) is 33.9 Å². The number of hydrogen-bond acceptors (Lipinski definition) is 6. The van der Waals surface area contributed by atoms with Gasteiger partial charge in [-0.2, -0.15) is 15.3 Å². The summed E-state index contributed by atoms with van der Waals surface area (Å²) in [7, 11) is 3.95. The van der Waals surface area contributed by atoms with E-state index in [2.05, 4.69) is 15.3 Å². The van der Waals surface area contributed by atoms with Crippen LogP contribution in [0.3, 0.4) is 0 Å². The van der Waals surface area contributed by atoms with E-state index >= 15 is 0 Å². The second kappa shape index (κ2) is 8.85. The molecule has 0 atom stereocenters. The zero-order valence-electron chi connectivity index (χ0n) is 15.8. The molecule has 0 amide bonds. The van der Waals surface area contributed by atoms with E-state index in [1.807, 2.05) is 19.0 Å². The van der Waals surface area contributed by atoms with Crippen molar-refractivity contribution >= 4 is 16.9 Å². The van der Waals surface area contributed by atoms with Gasteiger partial charge in [-0.15, -0.1) is 0 Å². The lowest BCUT2D eigenvalue weighted by Gasteiger charge is -2.10. The Morgan fingerprint density at radius 2 is 2.07 bits per heavy atom. The van der Waals surface area contributed by atoms with Gasteiger partial charge in [-0.05, 0) is 38.4 Å². The molecule has 0 aliphatic heterocycles. The van der Waals surface area contributed by atoms with E-state index in [1.165, 1.54) is 24.4 Å². The molecular weight excluding hydrogens is 365 g/mol. The molecule has 3 aromatic rings. The Hall–Kier alpha value is -2.91. The highest BCUT2D eigenvalue weighted by atomic mass is 19.1. The molecule has 2 heterocycles. The van der Waals surface area contributed by atoms with Crippen molar-refractivity contribution in [2.45, 2.75) is 13.0 Å². The predicted octanol–water partition coefficient (Wildman–Crippen LogP) is 1.83. The number of halogens is 1. The van der Waals surface area contributed by atoms with Crippen LogP contribution in [0, 0.1) is 5.82 Å². The van der Waals surface area contributed by atoms with Crippen LogP contribution in [-0.2, 0) is 17.7 Å². The van der Waals surface area contributed by atoms with Crippen molar-refractivity contribution in [1.82, 2.24) is 24.9 Å². The molecule has 8 nitrogen and oxygen atoms in total. The van der Waals surface area contributed by atoms with E-state index in [-0.39, 0.29) is 23.5 Å². The molecule has 0 saturated heterocycles. The van der Waals surface area contributed by atoms with Gasteiger partial charge in [-0.25, -0.2) is 9.18 Å². The molecule has 0 aliphatic carbocycles. The number of aromatic nitrogens is 4. The van der Waals surface area contributed by atoms with Crippen LogP contribution >= 0.6 is 0 Å². The number of aromatic carboxylic acids is 1. The van der Waals surface area contributed by atoms with E-state index in [0.717, 1.165) is 12.1 Å². The van der Waals surface area contributed by atoms with E-state index in [0.29, 0.717) is 30.8 Å². The third kappa shape index (κ3) is 4.68. The maximum absolute atomic E-state index is 13.8. The van der Waals surface area contributed by atoms with Crippen molar-refractivity contribution in [3.8, 4) is 0 Å². The average Bonchev–Trinajstić information content (AvgIpc) is 2.98. The summed E-state index contributed by atoms with van der Waals surface area (Å²) in [5.74, 6) is -1.47. The molecule has 0 aliphatic rings. The van der Waals surface area contributed by atoms with Crippen molar-refractivity contribution in [3.05, 3.63) is 53.2 Å². The number of carboxylic acids is 1. The highest BCUT2D eigenvalue weighted by Gasteiger charge is 2.17.